The average molecular weight is 308 g/mol. The van der Waals surface area contributed by atoms with Crippen molar-refractivity contribution in [3.05, 3.63) is 48.0 Å². The molecule has 0 aliphatic carbocycles. The SMILES string of the molecule is CN(CCCn1ccnc1)c1ccc(C#N)c(C(F)(F)F)c1. The molecule has 2 rings (SSSR count). The van der Waals surface area contributed by atoms with Gasteiger partial charge in [0.1, 0.15) is 0 Å². The zero-order valence-electron chi connectivity index (χ0n) is 12.0. The molecule has 0 N–H and O–H groups in total. The first-order valence-electron chi connectivity index (χ1n) is 6.70. The molecule has 0 atom stereocenters. The van der Waals surface area contributed by atoms with Crippen LogP contribution in [0.5, 0.6) is 0 Å². The molecule has 0 aliphatic rings. The van der Waals surface area contributed by atoms with Crippen molar-refractivity contribution in [3.8, 4) is 6.07 Å². The van der Waals surface area contributed by atoms with Gasteiger partial charge in [0.05, 0.1) is 23.5 Å². The number of halogens is 3. The maximum atomic E-state index is 12.9. The molecular weight excluding hydrogens is 293 g/mol. The summed E-state index contributed by atoms with van der Waals surface area (Å²) in [5, 5.41) is 8.79. The molecule has 22 heavy (non-hydrogen) atoms. The van der Waals surface area contributed by atoms with Crippen LogP contribution in [0, 0.1) is 11.3 Å². The van der Waals surface area contributed by atoms with E-state index in [1.165, 1.54) is 12.1 Å². The Morgan fingerprint density at radius 3 is 2.73 bits per heavy atom. The fourth-order valence-electron chi connectivity index (χ4n) is 2.14. The summed E-state index contributed by atoms with van der Waals surface area (Å²) in [6.45, 7) is 1.34. The Kier molecular flexibility index (Phi) is 4.71. The van der Waals surface area contributed by atoms with Crippen molar-refractivity contribution in [3.63, 3.8) is 0 Å². The maximum Gasteiger partial charge on any atom is 0.417 e. The Labute approximate surface area is 126 Å². The van der Waals surface area contributed by atoms with Crippen LogP contribution in [0.3, 0.4) is 0 Å². The fraction of sp³-hybridized carbons (Fsp3) is 0.333. The number of hydrogen-bond acceptors (Lipinski definition) is 3. The second kappa shape index (κ2) is 6.52. The van der Waals surface area contributed by atoms with Gasteiger partial charge in [0, 0.05) is 38.2 Å². The van der Waals surface area contributed by atoms with Crippen molar-refractivity contribution in [1.29, 1.82) is 5.26 Å². The Morgan fingerprint density at radius 1 is 1.36 bits per heavy atom. The standard InChI is InChI=1S/C15H15F3N4/c1-21(6-2-7-22-8-5-20-11-22)13-4-3-12(10-19)14(9-13)15(16,17)18/h3-5,8-9,11H,2,6-7H2,1H3. The lowest BCUT2D eigenvalue weighted by Gasteiger charge is -2.21. The normalized spacial score (nSPS) is 11.2. The third-order valence-corrected chi connectivity index (χ3v) is 3.34. The van der Waals surface area contributed by atoms with E-state index in [0.717, 1.165) is 19.0 Å². The molecule has 116 valence electrons. The first-order chi connectivity index (χ1) is 10.4. The molecule has 1 aromatic carbocycles. The zero-order chi connectivity index (χ0) is 16.2. The van der Waals surface area contributed by atoms with Gasteiger partial charge in [-0.1, -0.05) is 0 Å². The van der Waals surface area contributed by atoms with E-state index in [4.69, 9.17) is 5.26 Å². The van der Waals surface area contributed by atoms with Crippen LogP contribution >= 0.6 is 0 Å². The van der Waals surface area contributed by atoms with Crippen LogP contribution in [0.15, 0.2) is 36.9 Å². The van der Waals surface area contributed by atoms with Gasteiger partial charge in [-0.15, -0.1) is 0 Å². The van der Waals surface area contributed by atoms with Crippen molar-refractivity contribution >= 4 is 5.69 Å². The lowest BCUT2D eigenvalue weighted by atomic mass is 10.1. The summed E-state index contributed by atoms with van der Waals surface area (Å²) in [5.41, 5.74) is -0.811. The number of nitriles is 1. The van der Waals surface area contributed by atoms with Gasteiger partial charge in [0.25, 0.3) is 0 Å². The van der Waals surface area contributed by atoms with Gasteiger partial charge in [-0.25, -0.2) is 4.98 Å². The molecule has 0 amide bonds. The topological polar surface area (TPSA) is 44.9 Å². The molecule has 0 saturated heterocycles. The minimum atomic E-state index is -4.53. The van der Waals surface area contributed by atoms with Crippen molar-refractivity contribution < 1.29 is 13.2 Å². The average Bonchev–Trinajstić information content (AvgIpc) is 2.98. The van der Waals surface area contributed by atoms with Gasteiger partial charge in [-0.05, 0) is 24.6 Å². The van der Waals surface area contributed by atoms with Crippen LogP contribution in [0.4, 0.5) is 18.9 Å². The van der Waals surface area contributed by atoms with E-state index in [-0.39, 0.29) is 5.56 Å². The minimum absolute atomic E-state index is 0.358. The van der Waals surface area contributed by atoms with E-state index in [1.807, 2.05) is 10.8 Å². The van der Waals surface area contributed by atoms with E-state index in [9.17, 15) is 13.2 Å². The molecule has 0 fully saturated rings. The lowest BCUT2D eigenvalue weighted by Crippen LogP contribution is -2.20. The van der Waals surface area contributed by atoms with Crippen molar-refractivity contribution in [2.75, 3.05) is 18.5 Å². The van der Waals surface area contributed by atoms with Crippen LogP contribution in [-0.4, -0.2) is 23.1 Å². The highest BCUT2D eigenvalue weighted by molar-refractivity contribution is 5.54. The van der Waals surface area contributed by atoms with Crippen molar-refractivity contribution in [1.82, 2.24) is 9.55 Å². The molecule has 0 saturated carbocycles. The Balaban J connectivity index is 2.06. The Morgan fingerprint density at radius 2 is 2.14 bits per heavy atom. The van der Waals surface area contributed by atoms with Gasteiger partial charge in [0.2, 0.25) is 0 Å². The van der Waals surface area contributed by atoms with Crippen molar-refractivity contribution in [2.24, 2.45) is 0 Å². The Bertz CT molecular complexity index is 656. The summed E-state index contributed by atoms with van der Waals surface area (Å²) in [5.74, 6) is 0. The first kappa shape index (κ1) is 15.9. The molecule has 0 radical (unpaired) electrons. The molecule has 0 bridgehead atoms. The fourth-order valence-corrected chi connectivity index (χ4v) is 2.14. The summed E-state index contributed by atoms with van der Waals surface area (Å²) in [4.78, 5) is 5.67. The molecule has 0 aliphatic heterocycles. The van der Waals surface area contributed by atoms with Gasteiger partial charge in [-0.2, -0.15) is 18.4 Å². The van der Waals surface area contributed by atoms with E-state index in [0.29, 0.717) is 12.2 Å². The van der Waals surface area contributed by atoms with Crippen LogP contribution in [0.25, 0.3) is 0 Å². The summed E-state index contributed by atoms with van der Waals surface area (Å²) in [6.07, 6.45) is 1.46. The maximum absolute atomic E-state index is 12.9. The molecule has 7 heteroatoms. The van der Waals surface area contributed by atoms with Gasteiger partial charge < -0.3 is 9.47 Å². The number of aryl methyl sites for hydroxylation is 1. The quantitative estimate of drug-likeness (QED) is 0.851. The number of imidazole rings is 1. The van der Waals surface area contributed by atoms with Crippen molar-refractivity contribution in [2.45, 2.75) is 19.1 Å². The molecule has 2 aromatic rings. The molecule has 1 heterocycles. The number of nitrogens with zero attached hydrogens (tertiary/aromatic N) is 4. The lowest BCUT2D eigenvalue weighted by molar-refractivity contribution is -0.137. The smallest absolute Gasteiger partial charge is 0.375 e. The second-order valence-electron chi connectivity index (χ2n) is 4.92. The van der Waals surface area contributed by atoms with Gasteiger partial charge >= 0.3 is 6.18 Å². The first-order valence-corrected chi connectivity index (χ1v) is 6.70. The summed E-state index contributed by atoms with van der Waals surface area (Å²) >= 11 is 0. The molecular formula is C15H15F3N4. The van der Waals surface area contributed by atoms with E-state index >= 15 is 0 Å². The second-order valence-corrected chi connectivity index (χ2v) is 4.92. The highest BCUT2D eigenvalue weighted by Crippen LogP contribution is 2.34. The van der Waals surface area contributed by atoms with Gasteiger partial charge in [-0.3, -0.25) is 0 Å². The highest BCUT2D eigenvalue weighted by Gasteiger charge is 2.34. The monoisotopic (exact) mass is 308 g/mol. The summed E-state index contributed by atoms with van der Waals surface area (Å²) in [7, 11) is 1.73. The van der Waals surface area contributed by atoms with Crippen LogP contribution in [-0.2, 0) is 12.7 Å². The number of aromatic nitrogens is 2. The van der Waals surface area contributed by atoms with E-state index < -0.39 is 11.7 Å². The largest absolute Gasteiger partial charge is 0.417 e. The Hall–Kier alpha value is -2.49. The van der Waals surface area contributed by atoms with Crippen LogP contribution in [0.2, 0.25) is 0 Å². The minimum Gasteiger partial charge on any atom is -0.375 e. The predicted molar refractivity (Wildman–Crippen MR) is 76.3 cm³/mol. The summed E-state index contributed by atoms with van der Waals surface area (Å²) < 4.78 is 40.7. The van der Waals surface area contributed by atoms with Gasteiger partial charge in [0.15, 0.2) is 0 Å². The highest BCUT2D eigenvalue weighted by atomic mass is 19.4. The number of benzene rings is 1. The van der Waals surface area contributed by atoms with E-state index in [2.05, 4.69) is 4.98 Å². The van der Waals surface area contributed by atoms with Crippen LogP contribution in [0.1, 0.15) is 17.5 Å². The van der Waals surface area contributed by atoms with Crippen LogP contribution < -0.4 is 4.90 Å². The third-order valence-electron chi connectivity index (χ3n) is 3.34. The molecule has 1 aromatic heterocycles. The summed E-state index contributed by atoms with van der Waals surface area (Å²) in [6, 6.07) is 5.35. The number of rotatable bonds is 5. The zero-order valence-corrected chi connectivity index (χ0v) is 12.0. The number of hydrogen-bond donors (Lipinski definition) is 0. The van der Waals surface area contributed by atoms with E-state index in [1.54, 1.807) is 30.5 Å². The molecule has 0 unspecified atom stereocenters. The number of anilines is 1. The molecule has 4 nitrogen and oxygen atoms in total. The number of alkyl halides is 3. The predicted octanol–water partition coefficient (Wildman–Crippen LogP) is 3.30. The molecule has 0 spiro atoms. The third kappa shape index (κ3) is 3.79.